The van der Waals surface area contributed by atoms with Crippen LogP contribution in [-0.4, -0.2) is 47.2 Å². The van der Waals surface area contributed by atoms with E-state index >= 15 is 0 Å². The third kappa shape index (κ3) is 6.22. The third-order valence-corrected chi connectivity index (χ3v) is 6.11. The molecule has 1 aromatic rings. The lowest BCUT2D eigenvalue weighted by molar-refractivity contribution is -0.125. The predicted molar refractivity (Wildman–Crippen MR) is 106 cm³/mol. The number of pyridine rings is 1. The number of rotatable bonds is 10. The third-order valence-electron chi connectivity index (χ3n) is 5.10. The average Bonchev–Trinajstić information content (AvgIpc) is 3.57. The lowest BCUT2D eigenvalue weighted by Gasteiger charge is -2.14. The first-order valence-corrected chi connectivity index (χ1v) is 10.8. The van der Waals surface area contributed by atoms with Crippen LogP contribution in [0.1, 0.15) is 49.9 Å². The van der Waals surface area contributed by atoms with Crippen LogP contribution in [0.3, 0.4) is 0 Å². The van der Waals surface area contributed by atoms with E-state index in [2.05, 4.69) is 15.6 Å². The van der Waals surface area contributed by atoms with E-state index in [0.717, 1.165) is 25.7 Å². The Morgan fingerprint density at radius 1 is 1.11 bits per heavy atom. The van der Waals surface area contributed by atoms with E-state index in [1.165, 1.54) is 11.8 Å². The molecule has 7 nitrogen and oxygen atoms in total. The number of hydrogen-bond acceptors (Lipinski definition) is 6. The molecule has 0 radical (unpaired) electrons. The monoisotopic (exact) mass is 405 g/mol. The normalized spacial score (nSPS) is 18.1. The van der Waals surface area contributed by atoms with E-state index in [1.54, 1.807) is 18.3 Å². The number of carbonyl (C=O) groups excluding carboxylic acids is 3. The van der Waals surface area contributed by atoms with Crippen LogP contribution in [0.25, 0.3) is 0 Å². The molecular weight excluding hydrogens is 378 g/mol. The molecular formula is C20H27N3O4S. The Bertz CT molecular complexity index is 734. The van der Waals surface area contributed by atoms with Gasteiger partial charge >= 0.3 is 5.97 Å². The van der Waals surface area contributed by atoms with Gasteiger partial charge in [0.05, 0.1) is 11.3 Å². The second-order valence-corrected chi connectivity index (χ2v) is 8.57. The Labute approximate surface area is 169 Å². The topological polar surface area (TPSA) is 97.4 Å². The SMILES string of the molecule is C[C@H](NC(=O)CSc1ncccc1C(=O)OCC(=O)N[C@H](C)C1CC1)C1CC1. The summed E-state index contributed by atoms with van der Waals surface area (Å²) in [6, 6.07) is 3.50. The van der Waals surface area contributed by atoms with Gasteiger partial charge in [-0.25, -0.2) is 9.78 Å². The van der Waals surface area contributed by atoms with Gasteiger partial charge in [0.15, 0.2) is 6.61 Å². The maximum Gasteiger partial charge on any atom is 0.341 e. The fourth-order valence-electron chi connectivity index (χ4n) is 3.02. The largest absolute Gasteiger partial charge is 0.452 e. The standard InChI is InChI=1S/C20H27N3O4S/c1-12(14-5-6-14)22-17(24)10-27-20(26)16-4-3-9-21-19(16)28-11-18(25)23-13(2)15-7-8-15/h3-4,9,12-15H,5-8,10-11H2,1-2H3,(H,22,24)(H,23,25)/t12-,13+/m1/s1. The number of nitrogens with zero attached hydrogens (tertiary/aromatic N) is 1. The molecule has 152 valence electrons. The van der Waals surface area contributed by atoms with E-state index in [0.29, 0.717) is 16.9 Å². The number of esters is 1. The van der Waals surface area contributed by atoms with Gasteiger partial charge in [0.25, 0.3) is 5.91 Å². The van der Waals surface area contributed by atoms with Crippen molar-refractivity contribution in [3.05, 3.63) is 23.9 Å². The Morgan fingerprint density at radius 3 is 2.32 bits per heavy atom. The van der Waals surface area contributed by atoms with Gasteiger partial charge < -0.3 is 15.4 Å². The van der Waals surface area contributed by atoms with Crippen molar-refractivity contribution in [2.24, 2.45) is 11.8 Å². The molecule has 2 atom stereocenters. The molecule has 2 aliphatic carbocycles. The number of carbonyl (C=O) groups is 3. The summed E-state index contributed by atoms with van der Waals surface area (Å²) in [6.45, 7) is 3.65. The molecule has 28 heavy (non-hydrogen) atoms. The fourth-order valence-corrected chi connectivity index (χ4v) is 3.82. The van der Waals surface area contributed by atoms with Gasteiger partial charge in [-0.15, -0.1) is 0 Å². The molecule has 2 aliphatic rings. The van der Waals surface area contributed by atoms with Crippen LogP contribution in [0, 0.1) is 11.8 Å². The highest BCUT2D eigenvalue weighted by Gasteiger charge is 2.30. The first kappa shape index (κ1) is 20.6. The molecule has 0 saturated heterocycles. The fraction of sp³-hybridized carbons (Fsp3) is 0.600. The molecule has 2 saturated carbocycles. The highest BCUT2D eigenvalue weighted by atomic mass is 32.2. The van der Waals surface area contributed by atoms with E-state index in [-0.39, 0.29) is 41.8 Å². The van der Waals surface area contributed by atoms with Gasteiger partial charge in [-0.3, -0.25) is 9.59 Å². The molecule has 0 aromatic carbocycles. The second-order valence-electron chi connectivity index (χ2n) is 7.61. The van der Waals surface area contributed by atoms with E-state index < -0.39 is 5.97 Å². The van der Waals surface area contributed by atoms with Gasteiger partial charge in [0.2, 0.25) is 5.91 Å². The molecule has 3 rings (SSSR count). The summed E-state index contributed by atoms with van der Waals surface area (Å²) in [4.78, 5) is 40.6. The molecule has 0 unspecified atom stereocenters. The van der Waals surface area contributed by atoms with E-state index in [4.69, 9.17) is 4.74 Å². The molecule has 2 N–H and O–H groups in total. The van der Waals surface area contributed by atoms with Crippen molar-refractivity contribution in [1.82, 2.24) is 15.6 Å². The summed E-state index contributed by atoms with van der Waals surface area (Å²) in [7, 11) is 0. The zero-order chi connectivity index (χ0) is 20.1. The molecule has 0 spiro atoms. The molecule has 1 aromatic heterocycles. The van der Waals surface area contributed by atoms with Crippen LogP contribution >= 0.6 is 11.8 Å². The van der Waals surface area contributed by atoms with Crippen LogP contribution in [0.15, 0.2) is 23.4 Å². The minimum absolute atomic E-state index is 0.0807. The van der Waals surface area contributed by atoms with Gasteiger partial charge in [-0.2, -0.15) is 0 Å². The van der Waals surface area contributed by atoms with Crippen LogP contribution in [0.4, 0.5) is 0 Å². The van der Waals surface area contributed by atoms with Crippen molar-refractivity contribution in [2.45, 2.75) is 56.6 Å². The van der Waals surface area contributed by atoms with Gasteiger partial charge in [0.1, 0.15) is 5.03 Å². The van der Waals surface area contributed by atoms with Crippen molar-refractivity contribution >= 4 is 29.5 Å². The van der Waals surface area contributed by atoms with Gasteiger partial charge in [-0.1, -0.05) is 11.8 Å². The van der Waals surface area contributed by atoms with Crippen LogP contribution < -0.4 is 10.6 Å². The summed E-state index contributed by atoms with van der Waals surface area (Å²) in [5, 5.41) is 6.25. The summed E-state index contributed by atoms with van der Waals surface area (Å²) >= 11 is 1.19. The number of ether oxygens (including phenoxy) is 1. The van der Waals surface area contributed by atoms with Crippen LogP contribution in [0.5, 0.6) is 0 Å². The van der Waals surface area contributed by atoms with Gasteiger partial charge in [0, 0.05) is 18.3 Å². The highest BCUT2D eigenvalue weighted by molar-refractivity contribution is 8.00. The van der Waals surface area contributed by atoms with Crippen molar-refractivity contribution in [3.63, 3.8) is 0 Å². The summed E-state index contributed by atoms with van der Waals surface area (Å²) < 4.78 is 5.14. The molecule has 1 heterocycles. The Morgan fingerprint density at radius 2 is 1.71 bits per heavy atom. The lowest BCUT2D eigenvalue weighted by Crippen LogP contribution is -2.37. The van der Waals surface area contributed by atoms with Crippen LogP contribution in [0.2, 0.25) is 0 Å². The smallest absolute Gasteiger partial charge is 0.341 e. The van der Waals surface area contributed by atoms with E-state index in [9.17, 15) is 14.4 Å². The number of hydrogen-bond donors (Lipinski definition) is 2. The number of thioether (sulfide) groups is 1. The van der Waals surface area contributed by atoms with Gasteiger partial charge in [-0.05, 0) is 63.5 Å². The predicted octanol–water partition coefficient (Wildman–Crippen LogP) is 2.16. The average molecular weight is 406 g/mol. The minimum Gasteiger partial charge on any atom is -0.452 e. The Hall–Kier alpha value is -2.09. The van der Waals surface area contributed by atoms with Crippen molar-refractivity contribution < 1.29 is 19.1 Å². The maximum absolute atomic E-state index is 12.4. The lowest BCUT2D eigenvalue weighted by atomic mass is 10.2. The molecule has 0 bridgehead atoms. The van der Waals surface area contributed by atoms with Crippen molar-refractivity contribution in [1.29, 1.82) is 0 Å². The van der Waals surface area contributed by atoms with Crippen LogP contribution in [-0.2, 0) is 14.3 Å². The first-order valence-electron chi connectivity index (χ1n) is 9.77. The zero-order valence-corrected chi connectivity index (χ0v) is 17.1. The number of aromatic nitrogens is 1. The Balaban J connectivity index is 1.47. The first-order chi connectivity index (χ1) is 13.4. The number of nitrogens with one attached hydrogen (secondary N) is 2. The molecule has 8 heteroatoms. The Kier molecular flexibility index (Phi) is 6.93. The number of amides is 2. The summed E-state index contributed by atoms with van der Waals surface area (Å²) in [6.07, 6.45) is 6.15. The summed E-state index contributed by atoms with van der Waals surface area (Å²) in [5.74, 6) is 0.296. The zero-order valence-electron chi connectivity index (χ0n) is 16.3. The molecule has 2 fully saturated rings. The molecule has 2 amide bonds. The highest BCUT2D eigenvalue weighted by Crippen LogP contribution is 2.33. The molecule has 0 aliphatic heterocycles. The quantitative estimate of drug-likeness (QED) is 0.457. The van der Waals surface area contributed by atoms with Crippen molar-refractivity contribution in [2.75, 3.05) is 12.4 Å². The van der Waals surface area contributed by atoms with E-state index in [1.807, 2.05) is 13.8 Å². The maximum atomic E-state index is 12.4. The minimum atomic E-state index is -0.614. The van der Waals surface area contributed by atoms with Crippen molar-refractivity contribution in [3.8, 4) is 0 Å². The second kappa shape index (κ2) is 9.41. The summed E-state index contributed by atoms with van der Waals surface area (Å²) in [5.41, 5.74) is 0.263.